The van der Waals surface area contributed by atoms with Gasteiger partial charge in [0.1, 0.15) is 90.5 Å². The second kappa shape index (κ2) is 50.8. The molecule has 6 saturated heterocycles. The second-order valence-corrected chi connectivity index (χ2v) is 29.6. The molecule has 110 heavy (non-hydrogen) atoms. The summed E-state index contributed by atoms with van der Waals surface area (Å²) in [4.78, 5) is 41.0. The Morgan fingerprint density at radius 1 is 0.700 bits per heavy atom. The molecule has 6 heterocycles. The van der Waals surface area contributed by atoms with Crippen LogP contribution in [0.25, 0.3) is 0 Å². The van der Waals surface area contributed by atoms with Crippen LogP contribution in [-0.4, -0.2) is 309 Å². The van der Waals surface area contributed by atoms with Crippen LogP contribution in [0.4, 0.5) is 21.9 Å². The SMILES string of the molecule is C=C(C)C.CN(CC(=O)NCCCOCCOCCCN)C(=O)CCCC[C@@H]1SCC2NC(=O)NC21.OCC1OC(Oc2ccc(N=C=S)cc2)C(O)C(O)C1O.[B]SCNC(=S)Nc1ccc(OC2OC(CO)C(O)C(O)C2O)cc1.[B]SCNC(=S)Nc1ccc(OC2OC3COC(C)(C)OC3C(O)C2O)cc1. The number of isothiocyanates is 1. The van der Waals surface area contributed by atoms with E-state index in [1.807, 2.05) is 25.6 Å². The van der Waals surface area contributed by atoms with E-state index in [-0.39, 0.29) is 43.1 Å². The van der Waals surface area contributed by atoms with Gasteiger partial charge in [0.25, 0.3) is 0 Å². The van der Waals surface area contributed by atoms with Gasteiger partial charge < -0.3 is 146 Å². The number of fused-ring (bicyclic) bond motifs is 2. The molecule has 33 nitrogen and oxygen atoms in total. The number of amides is 4. The number of likely N-dealkylation sites (N-methyl/N-ethyl adjacent to an activating group) is 1. The normalized spacial score (nSPS) is 27.3. The van der Waals surface area contributed by atoms with Crippen molar-refractivity contribution in [3.05, 3.63) is 84.9 Å². The van der Waals surface area contributed by atoms with Gasteiger partial charge in [-0.25, -0.2) is 28.0 Å². The molecule has 4 amide bonds. The molecular formula is C69H104B2N10O23S6. The monoisotopic (exact) mass is 1650 g/mol. The first-order chi connectivity index (χ1) is 52.5. The lowest BCUT2D eigenvalue weighted by molar-refractivity contribution is -0.373. The summed E-state index contributed by atoms with van der Waals surface area (Å²) < 4.78 is 54.9. The van der Waals surface area contributed by atoms with Gasteiger partial charge in [0.2, 0.25) is 30.7 Å². The van der Waals surface area contributed by atoms with Crippen molar-refractivity contribution in [2.75, 3.05) is 101 Å². The summed E-state index contributed by atoms with van der Waals surface area (Å²) >= 11 is 18.8. The summed E-state index contributed by atoms with van der Waals surface area (Å²) in [5.41, 5.74) is 8.60. The number of nitrogens with two attached hydrogens (primary N) is 1. The van der Waals surface area contributed by atoms with Gasteiger partial charge in [-0.3, -0.25) is 9.59 Å². The van der Waals surface area contributed by atoms with Gasteiger partial charge in [-0.2, -0.15) is 16.8 Å². The number of aliphatic hydroxyl groups is 10. The van der Waals surface area contributed by atoms with Crippen molar-refractivity contribution in [3.8, 4) is 17.2 Å². The smallest absolute Gasteiger partial charge is 0.315 e. The van der Waals surface area contributed by atoms with Crippen molar-refractivity contribution in [3.63, 3.8) is 0 Å². The van der Waals surface area contributed by atoms with Gasteiger partial charge in [0, 0.05) is 55.6 Å². The number of aliphatic imine (C=N–C) groups is 1. The Bertz CT molecular complexity index is 3280. The minimum Gasteiger partial charge on any atom is -0.462 e. The lowest BCUT2D eigenvalue weighted by Gasteiger charge is -2.48. The zero-order valence-electron chi connectivity index (χ0n) is 61.8. The van der Waals surface area contributed by atoms with E-state index in [1.54, 1.807) is 93.7 Å². The average molecular weight is 1660 g/mol. The van der Waals surface area contributed by atoms with Crippen LogP contribution in [0.5, 0.6) is 17.2 Å². The number of ether oxygens (including phenoxy) is 10. The third-order valence-electron chi connectivity index (χ3n) is 16.5. The molecule has 0 bridgehead atoms. The summed E-state index contributed by atoms with van der Waals surface area (Å²) in [6.07, 6.45) is -13.2. The zero-order valence-corrected chi connectivity index (χ0v) is 66.7. The number of nitrogens with one attached hydrogen (secondary N) is 7. The average Bonchev–Trinajstić information content (AvgIpc) is 0.961. The molecule has 6 aliphatic rings. The van der Waals surface area contributed by atoms with Crippen molar-refractivity contribution in [2.24, 2.45) is 10.7 Å². The lowest BCUT2D eigenvalue weighted by Crippen LogP contribution is -2.65. The molecule has 3 aromatic carbocycles. The maximum Gasteiger partial charge on any atom is 0.315 e. The topological polar surface area (TPSA) is 472 Å². The molecule has 0 aromatic heterocycles. The van der Waals surface area contributed by atoms with Crippen LogP contribution in [0.2, 0.25) is 0 Å². The van der Waals surface area contributed by atoms with Crippen LogP contribution in [0.1, 0.15) is 66.2 Å². The summed E-state index contributed by atoms with van der Waals surface area (Å²) in [6.45, 7) is 13.7. The van der Waals surface area contributed by atoms with Crippen molar-refractivity contribution in [1.82, 2.24) is 31.5 Å². The third kappa shape index (κ3) is 33.2. The highest BCUT2D eigenvalue weighted by molar-refractivity contribution is 8.19. The molecule has 6 fully saturated rings. The lowest BCUT2D eigenvalue weighted by atomic mass is 9.97. The molecule has 0 aliphatic carbocycles. The maximum absolute atomic E-state index is 12.3. The fourth-order valence-corrected chi connectivity index (χ4v) is 13.5. The van der Waals surface area contributed by atoms with Gasteiger partial charge in [-0.05, 0) is 169 Å². The predicted octanol–water partition coefficient (Wildman–Crippen LogP) is 0.891. The number of aliphatic hydroxyl groups excluding tert-OH is 10. The van der Waals surface area contributed by atoms with E-state index >= 15 is 0 Å². The van der Waals surface area contributed by atoms with Crippen LogP contribution in [0.15, 0.2) is 89.9 Å². The van der Waals surface area contributed by atoms with E-state index in [0.29, 0.717) is 108 Å². The molecule has 9 rings (SSSR count). The molecule has 41 heteroatoms. The molecule has 18 atom stereocenters. The molecular weight excluding hydrogens is 1550 g/mol. The molecule has 4 radical (unpaired) electrons. The number of nitrogens with zero attached hydrogens (tertiary/aromatic N) is 2. The van der Waals surface area contributed by atoms with E-state index in [0.717, 1.165) is 60.3 Å². The summed E-state index contributed by atoms with van der Waals surface area (Å²) in [5, 5.41) is 122. The van der Waals surface area contributed by atoms with Gasteiger partial charge in [-0.15, -0.1) is 6.58 Å². The molecule has 610 valence electrons. The van der Waals surface area contributed by atoms with Crippen molar-refractivity contribution < 1.29 is 113 Å². The Balaban J connectivity index is 0.000000260. The number of rotatable bonds is 32. The first kappa shape index (κ1) is 95.2. The second-order valence-electron chi connectivity index (χ2n) is 26.1. The highest BCUT2D eigenvalue weighted by Gasteiger charge is 2.52. The Labute approximate surface area is 671 Å². The predicted molar refractivity (Wildman–Crippen MR) is 429 cm³/mol. The molecule has 19 N–H and O–H groups in total. The minimum absolute atomic E-state index is 0.0223. The highest BCUT2D eigenvalue weighted by Crippen LogP contribution is 2.36. The van der Waals surface area contributed by atoms with E-state index in [2.05, 4.69) is 66.2 Å². The van der Waals surface area contributed by atoms with Crippen molar-refractivity contribution in [1.29, 1.82) is 0 Å². The largest absolute Gasteiger partial charge is 0.462 e. The number of thiocarbonyl (C=S) groups is 3. The number of carbonyl (C=O) groups is 3. The van der Waals surface area contributed by atoms with Gasteiger partial charge in [0.05, 0.1) is 74.3 Å². The molecule has 3 aromatic rings. The molecule has 6 aliphatic heterocycles. The Morgan fingerprint density at radius 2 is 1.18 bits per heavy atom. The molecule has 0 spiro atoms. The summed E-state index contributed by atoms with van der Waals surface area (Å²) in [7, 11) is 12.3. The van der Waals surface area contributed by atoms with Crippen LogP contribution in [0.3, 0.4) is 0 Å². The van der Waals surface area contributed by atoms with Crippen LogP contribution < -0.4 is 57.2 Å². The number of urea groups is 1. The van der Waals surface area contributed by atoms with E-state index in [1.165, 1.54) is 10.5 Å². The number of thioether (sulfide) groups is 1. The number of hydrogen-bond acceptors (Lipinski definition) is 31. The summed E-state index contributed by atoms with van der Waals surface area (Å²) in [5.74, 6) is 2.09. The van der Waals surface area contributed by atoms with Gasteiger partial charge >= 0.3 is 6.03 Å². The number of hydrogen-bond donors (Lipinski definition) is 18. The van der Waals surface area contributed by atoms with E-state index < -0.39 is 111 Å². The Morgan fingerprint density at radius 3 is 1.66 bits per heavy atom. The fourth-order valence-electron chi connectivity index (χ4n) is 10.8. The fraction of sp³-hybridized carbons (Fsp3) is 0.623. The standard InChI is InChI=1S/C21H39N5O5S.C17H23BN2O6S2.C14H19BN2O6S2.C13H15NO6S.C4H8/c1-26(14-18(27)23-9-5-11-31-13-12-30-10-4-8-22)19(28)7-3-2-6-17-20-16(15-32-17)24-21(29)25-20;1-17(2)23-7-11-14(26-17)12(21)13(22)15(25-11)24-10-5-3-9(4-6-10)20-16(27)19-8-28-18;15-25-6-16-14(24)17-7-1-3-8(4-2-7)22-13-12(21)11(20)10(19)9(5-18)23-13;15-5-9-10(16)11(17)12(18)13(20-9)19-8-3-1-7(2-4-8)14-6-21;1-4(2)3/h16-17,20H,2-15,22H2,1H3,(H,23,27)(H2,24,25,29);3-6,11-15,21-22H,7-8H2,1-2H3,(H2,19,20,27);1-4,9-13,18-21H,5-6H2,(H2,16,17,24);1-4,9-13,15-18H,5H2;1H2,2-3H3/t16?,17-,20?;;;;/m0..../s1. The Kier molecular flexibility index (Phi) is 44.0. The van der Waals surface area contributed by atoms with Gasteiger partial charge in [-0.1, -0.05) is 12.0 Å². The van der Waals surface area contributed by atoms with Crippen molar-refractivity contribution >= 4 is 136 Å². The van der Waals surface area contributed by atoms with Crippen LogP contribution in [-0.2, 0) is 42.7 Å². The zero-order chi connectivity index (χ0) is 80.9. The van der Waals surface area contributed by atoms with Crippen LogP contribution >= 0.6 is 71.6 Å². The minimum atomic E-state index is -1.49. The first-order valence-corrected chi connectivity index (χ1v) is 39.7. The number of anilines is 2. The maximum atomic E-state index is 12.3. The quantitative estimate of drug-likeness (QED) is 0.00785. The molecule has 0 saturated carbocycles. The third-order valence-corrected chi connectivity index (χ3v) is 19.2. The number of allylic oxidation sites excluding steroid dienone is 1. The molecule has 17 unspecified atom stereocenters. The number of carbonyl (C=O) groups excluding carboxylic acids is 3. The Hall–Kier alpha value is -5.35. The summed E-state index contributed by atoms with van der Waals surface area (Å²) in [6, 6.07) is 20.3. The number of benzene rings is 3. The van der Waals surface area contributed by atoms with E-state index in [4.69, 9.17) is 102 Å². The van der Waals surface area contributed by atoms with Crippen molar-refractivity contribution in [2.45, 2.75) is 181 Å². The number of unbranched alkanes of at least 4 members (excludes halogenated alkanes) is 1. The van der Waals surface area contributed by atoms with Gasteiger partial charge in [0.15, 0.2) is 30.3 Å². The van der Waals surface area contributed by atoms with E-state index in [9.17, 15) is 55.2 Å². The van der Waals surface area contributed by atoms with Crippen LogP contribution in [0, 0.1) is 0 Å². The first-order valence-electron chi connectivity index (χ1n) is 35.3. The highest BCUT2D eigenvalue weighted by atomic mass is 32.2.